The highest BCUT2D eigenvalue weighted by atomic mass is 32.2. The topological polar surface area (TPSA) is 90.7 Å². The summed E-state index contributed by atoms with van der Waals surface area (Å²) in [4.78, 5) is 23.2. The normalized spacial score (nSPS) is 11.5. The molecule has 138 valence electrons. The van der Waals surface area contributed by atoms with Gasteiger partial charge in [0.15, 0.2) is 0 Å². The van der Waals surface area contributed by atoms with E-state index in [4.69, 9.17) is 15.2 Å². The number of thioether (sulfide) groups is 1. The zero-order valence-electron chi connectivity index (χ0n) is 14.7. The summed E-state index contributed by atoms with van der Waals surface area (Å²) < 4.78 is 10.7. The lowest BCUT2D eigenvalue weighted by Gasteiger charge is -2.13. The second-order valence-corrected chi connectivity index (χ2v) is 6.92. The molecule has 0 radical (unpaired) electrons. The number of anilines is 1. The minimum absolute atomic E-state index is 0.105. The number of rotatable bonds is 9. The Morgan fingerprint density at radius 1 is 1.08 bits per heavy atom. The Labute approximate surface area is 157 Å². The molecule has 1 unspecified atom stereocenters. The highest BCUT2D eigenvalue weighted by molar-refractivity contribution is 8.00. The predicted molar refractivity (Wildman–Crippen MR) is 104 cm³/mol. The van der Waals surface area contributed by atoms with Crippen molar-refractivity contribution in [2.75, 3.05) is 24.8 Å². The molecular weight excluding hydrogens is 352 g/mol. The minimum Gasteiger partial charge on any atom is -0.497 e. The van der Waals surface area contributed by atoms with Crippen LogP contribution in [0.15, 0.2) is 48.5 Å². The fraction of sp³-hybridized carbons (Fsp3) is 0.263. The molecule has 2 aromatic rings. The van der Waals surface area contributed by atoms with Gasteiger partial charge in [0, 0.05) is 17.0 Å². The molecule has 0 heterocycles. The quantitative estimate of drug-likeness (QED) is 0.659. The van der Waals surface area contributed by atoms with Gasteiger partial charge >= 0.3 is 0 Å². The van der Waals surface area contributed by atoms with Crippen molar-refractivity contribution in [1.29, 1.82) is 0 Å². The van der Waals surface area contributed by atoms with Gasteiger partial charge in [-0.15, -0.1) is 11.8 Å². The average Bonchev–Trinajstić information content (AvgIpc) is 2.66. The van der Waals surface area contributed by atoms with Crippen molar-refractivity contribution in [2.45, 2.75) is 12.2 Å². The Morgan fingerprint density at radius 2 is 1.69 bits per heavy atom. The summed E-state index contributed by atoms with van der Waals surface area (Å²) in [5.41, 5.74) is 6.22. The van der Waals surface area contributed by atoms with Crippen molar-refractivity contribution in [2.24, 2.45) is 5.73 Å². The molecule has 0 saturated heterocycles. The third-order valence-corrected chi connectivity index (χ3v) is 4.70. The van der Waals surface area contributed by atoms with Gasteiger partial charge in [0.25, 0.3) is 0 Å². The summed E-state index contributed by atoms with van der Waals surface area (Å²) in [5.74, 6) is 1.62. The van der Waals surface area contributed by atoms with Gasteiger partial charge in [-0.1, -0.05) is 0 Å². The van der Waals surface area contributed by atoms with Crippen LogP contribution in [0.1, 0.15) is 17.3 Å². The molecule has 26 heavy (non-hydrogen) atoms. The summed E-state index contributed by atoms with van der Waals surface area (Å²) in [7, 11) is 1.62. The second-order valence-electron chi connectivity index (χ2n) is 5.47. The molecule has 0 bridgehead atoms. The molecule has 0 aliphatic heterocycles. The van der Waals surface area contributed by atoms with Crippen molar-refractivity contribution in [3.63, 3.8) is 0 Å². The van der Waals surface area contributed by atoms with Crippen LogP contribution in [0.25, 0.3) is 0 Å². The van der Waals surface area contributed by atoms with Crippen LogP contribution in [0.4, 0.5) is 5.69 Å². The Balaban J connectivity index is 1.71. The van der Waals surface area contributed by atoms with Crippen molar-refractivity contribution >= 4 is 29.3 Å². The van der Waals surface area contributed by atoms with Crippen LogP contribution < -0.4 is 20.5 Å². The van der Waals surface area contributed by atoms with Gasteiger partial charge in [-0.2, -0.15) is 0 Å². The molecular formula is C19H22N2O4S. The Hall–Kier alpha value is -2.67. The first-order chi connectivity index (χ1) is 12.5. The number of carbonyl (C=O) groups is 2. The fourth-order valence-corrected chi connectivity index (χ4v) is 2.84. The summed E-state index contributed by atoms with van der Waals surface area (Å²) in [5, 5.41) is 2.58. The van der Waals surface area contributed by atoms with Crippen LogP contribution in [-0.4, -0.2) is 36.5 Å². The van der Waals surface area contributed by atoms with Crippen molar-refractivity contribution in [3.8, 4) is 11.5 Å². The lowest BCUT2D eigenvalue weighted by atomic mass is 10.2. The number of benzene rings is 2. The number of nitrogens with one attached hydrogen (secondary N) is 1. The molecule has 0 aliphatic carbocycles. The molecule has 2 amide bonds. The van der Waals surface area contributed by atoms with Crippen LogP contribution in [0.5, 0.6) is 11.5 Å². The molecule has 0 aromatic heterocycles. The standard InChI is InChI=1S/C19H22N2O4S/c1-13(19(23)21-15-5-3-14(4-6-15)18(20)22)26-12-11-25-17-9-7-16(24-2)8-10-17/h3-10,13H,11-12H2,1-2H3,(H2,20,22)(H,21,23). The number of nitrogens with two attached hydrogens (primary N) is 1. The highest BCUT2D eigenvalue weighted by Crippen LogP contribution is 2.18. The molecule has 0 spiro atoms. The van der Waals surface area contributed by atoms with Crippen molar-refractivity contribution in [3.05, 3.63) is 54.1 Å². The molecule has 2 rings (SSSR count). The van der Waals surface area contributed by atoms with Gasteiger partial charge in [0.1, 0.15) is 11.5 Å². The third-order valence-electron chi connectivity index (χ3n) is 3.59. The lowest BCUT2D eigenvalue weighted by Crippen LogP contribution is -2.23. The molecule has 0 fully saturated rings. The first-order valence-corrected chi connectivity index (χ1v) is 9.13. The smallest absolute Gasteiger partial charge is 0.248 e. The van der Waals surface area contributed by atoms with E-state index < -0.39 is 5.91 Å². The van der Waals surface area contributed by atoms with E-state index in [1.54, 1.807) is 31.4 Å². The second kappa shape index (κ2) is 9.72. The van der Waals surface area contributed by atoms with Gasteiger partial charge in [-0.3, -0.25) is 9.59 Å². The summed E-state index contributed by atoms with van der Waals surface area (Å²) in [6.07, 6.45) is 0. The van der Waals surface area contributed by atoms with E-state index in [2.05, 4.69) is 5.32 Å². The zero-order chi connectivity index (χ0) is 18.9. The van der Waals surface area contributed by atoms with Crippen molar-refractivity contribution < 1.29 is 19.1 Å². The molecule has 1 atom stereocenters. The fourth-order valence-electron chi connectivity index (χ4n) is 2.09. The summed E-state index contributed by atoms with van der Waals surface area (Å²) >= 11 is 1.50. The van der Waals surface area contributed by atoms with E-state index in [9.17, 15) is 9.59 Å². The average molecular weight is 374 g/mol. The molecule has 7 heteroatoms. The van der Waals surface area contributed by atoms with E-state index >= 15 is 0 Å². The number of hydrogen-bond acceptors (Lipinski definition) is 5. The Bertz CT molecular complexity index is 732. The van der Waals surface area contributed by atoms with E-state index in [-0.39, 0.29) is 11.2 Å². The maximum atomic E-state index is 12.2. The summed E-state index contributed by atoms with van der Waals surface area (Å²) in [6, 6.07) is 13.8. The number of primary amides is 1. The van der Waals surface area contributed by atoms with Crippen LogP contribution in [0, 0.1) is 0 Å². The van der Waals surface area contributed by atoms with Gasteiger partial charge in [0.2, 0.25) is 11.8 Å². The first-order valence-electron chi connectivity index (χ1n) is 8.09. The Kier molecular flexibility index (Phi) is 7.35. The molecule has 6 nitrogen and oxygen atoms in total. The van der Waals surface area contributed by atoms with E-state index in [1.807, 2.05) is 31.2 Å². The largest absolute Gasteiger partial charge is 0.497 e. The van der Waals surface area contributed by atoms with Gasteiger partial charge in [0.05, 0.1) is 19.0 Å². The van der Waals surface area contributed by atoms with Crippen LogP contribution in [0.2, 0.25) is 0 Å². The molecule has 3 N–H and O–H groups in total. The minimum atomic E-state index is -0.497. The van der Waals surface area contributed by atoms with Crippen LogP contribution in [-0.2, 0) is 4.79 Å². The molecule has 0 aliphatic rings. The summed E-state index contributed by atoms with van der Waals surface area (Å²) in [6.45, 7) is 2.34. The van der Waals surface area contributed by atoms with Gasteiger partial charge in [-0.25, -0.2) is 0 Å². The van der Waals surface area contributed by atoms with Crippen LogP contribution >= 0.6 is 11.8 Å². The van der Waals surface area contributed by atoms with E-state index in [1.165, 1.54) is 11.8 Å². The van der Waals surface area contributed by atoms with E-state index in [0.29, 0.717) is 23.6 Å². The number of hydrogen-bond donors (Lipinski definition) is 2. The monoisotopic (exact) mass is 374 g/mol. The Morgan fingerprint density at radius 3 is 2.27 bits per heavy atom. The first kappa shape index (κ1) is 19.7. The maximum Gasteiger partial charge on any atom is 0.248 e. The molecule has 0 saturated carbocycles. The molecule has 2 aromatic carbocycles. The van der Waals surface area contributed by atoms with Gasteiger partial charge < -0.3 is 20.5 Å². The van der Waals surface area contributed by atoms with Crippen LogP contribution in [0.3, 0.4) is 0 Å². The van der Waals surface area contributed by atoms with Crippen molar-refractivity contribution in [1.82, 2.24) is 0 Å². The van der Waals surface area contributed by atoms with Gasteiger partial charge in [-0.05, 0) is 55.5 Å². The predicted octanol–water partition coefficient (Wildman–Crippen LogP) is 2.93. The maximum absolute atomic E-state index is 12.2. The number of methoxy groups -OCH3 is 1. The number of ether oxygens (including phenoxy) is 2. The zero-order valence-corrected chi connectivity index (χ0v) is 15.5. The lowest BCUT2D eigenvalue weighted by molar-refractivity contribution is -0.115. The number of carbonyl (C=O) groups excluding carboxylic acids is 2. The number of amides is 2. The highest BCUT2D eigenvalue weighted by Gasteiger charge is 2.13. The SMILES string of the molecule is COc1ccc(OCCSC(C)C(=O)Nc2ccc(C(N)=O)cc2)cc1. The van der Waals surface area contributed by atoms with E-state index in [0.717, 1.165) is 11.5 Å². The third kappa shape index (κ3) is 6.00.